The van der Waals surface area contributed by atoms with Crippen molar-refractivity contribution in [2.45, 2.75) is 26.2 Å². The third-order valence-electron chi connectivity index (χ3n) is 3.44. The minimum absolute atomic E-state index is 0.216. The molecule has 0 amide bonds. The molecule has 6 heteroatoms. The third kappa shape index (κ3) is 2.55. The Balaban J connectivity index is 1.92. The molecule has 0 atom stereocenters. The van der Waals surface area contributed by atoms with E-state index in [1.807, 2.05) is 38.1 Å². The molecule has 0 radical (unpaired) electrons. The number of hydrogen-bond acceptors (Lipinski definition) is 5. The predicted molar refractivity (Wildman–Crippen MR) is 85.5 cm³/mol. The predicted octanol–water partition coefficient (Wildman–Crippen LogP) is 3.39. The van der Waals surface area contributed by atoms with Gasteiger partial charge in [-0.1, -0.05) is 37.3 Å². The summed E-state index contributed by atoms with van der Waals surface area (Å²) in [5.41, 5.74) is 2.51. The molecular weight excluding hydrogens is 296 g/mol. The molecule has 22 heavy (non-hydrogen) atoms. The van der Waals surface area contributed by atoms with Gasteiger partial charge >= 0.3 is 0 Å². The van der Waals surface area contributed by atoms with Gasteiger partial charge in [0.15, 0.2) is 5.69 Å². The number of imidazole rings is 1. The zero-order valence-corrected chi connectivity index (χ0v) is 13.5. The van der Waals surface area contributed by atoms with Crippen LogP contribution in [0.15, 0.2) is 24.3 Å². The van der Waals surface area contributed by atoms with Gasteiger partial charge in [0.2, 0.25) is 4.96 Å². The van der Waals surface area contributed by atoms with Crippen LogP contribution in [0, 0.1) is 11.3 Å². The molecule has 2 aromatic heterocycles. The van der Waals surface area contributed by atoms with Crippen LogP contribution < -0.4 is 4.74 Å². The second kappa shape index (κ2) is 5.78. The molecule has 2 heterocycles. The van der Waals surface area contributed by atoms with Gasteiger partial charge in [0, 0.05) is 6.42 Å². The molecule has 0 fully saturated rings. The lowest BCUT2D eigenvalue weighted by Crippen LogP contribution is -1.97. The van der Waals surface area contributed by atoms with Crippen molar-refractivity contribution < 1.29 is 4.74 Å². The topological polar surface area (TPSA) is 63.2 Å². The fourth-order valence-electron chi connectivity index (χ4n) is 2.30. The smallest absolute Gasteiger partial charge is 0.213 e. The lowest BCUT2D eigenvalue weighted by atomic mass is 10.1. The molecule has 0 saturated heterocycles. The van der Waals surface area contributed by atoms with Crippen LogP contribution in [0.3, 0.4) is 0 Å². The van der Waals surface area contributed by atoms with Crippen molar-refractivity contribution >= 4 is 16.3 Å². The van der Waals surface area contributed by atoms with E-state index in [0.717, 1.165) is 33.4 Å². The second-order valence-corrected chi connectivity index (χ2v) is 6.37. The highest BCUT2D eigenvalue weighted by Crippen LogP contribution is 2.25. The summed E-state index contributed by atoms with van der Waals surface area (Å²) in [6.07, 6.45) is 0.722. The monoisotopic (exact) mass is 312 g/mol. The van der Waals surface area contributed by atoms with Gasteiger partial charge in [0.25, 0.3) is 0 Å². The Kier molecular flexibility index (Phi) is 3.82. The van der Waals surface area contributed by atoms with Gasteiger partial charge in [0.05, 0.1) is 12.8 Å². The maximum atomic E-state index is 9.35. The van der Waals surface area contributed by atoms with E-state index in [-0.39, 0.29) is 5.92 Å². The zero-order valence-electron chi connectivity index (χ0n) is 12.7. The van der Waals surface area contributed by atoms with Gasteiger partial charge in [-0.3, -0.25) is 0 Å². The lowest BCUT2D eigenvalue weighted by Gasteiger charge is -2.01. The summed E-state index contributed by atoms with van der Waals surface area (Å²) in [5, 5.41) is 14.8. The quantitative estimate of drug-likeness (QED) is 0.741. The van der Waals surface area contributed by atoms with Crippen molar-refractivity contribution in [3.05, 3.63) is 46.2 Å². The summed E-state index contributed by atoms with van der Waals surface area (Å²) in [6, 6.07) is 10.1. The molecule has 0 N–H and O–H groups in total. The number of ether oxygens (including phenoxy) is 1. The Morgan fingerprint density at radius 1 is 1.32 bits per heavy atom. The van der Waals surface area contributed by atoms with E-state index in [4.69, 9.17) is 4.74 Å². The number of aromatic nitrogens is 3. The van der Waals surface area contributed by atoms with E-state index in [1.165, 1.54) is 11.3 Å². The normalized spacial score (nSPS) is 11.0. The van der Waals surface area contributed by atoms with Crippen LogP contribution in [-0.2, 0) is 6.42 Å². The lowest BCUT2D eigenvalue weighted by molar-refractivity contribution is 0.414. The van der Waals surface area contributed by atoms with E-state index < -0.39 is 0 Å². The highest BCUT2D eigenvalue weighted by molar-refractivity contribution is 7.16. The fraction of sp³-hybridized carbons (Fsp3) is 0.312. The Labute approximate surface area is 132 Å². The van der Waals surface area contributed by atoms with Crippen LogP contribution in [0.25, 0.3) is 4.96 Å². The van der Waals surface area contributed by atoms with Crippen molar-refractivity contribution in [3.8, 4) is 11.8 Å². The maximum Gasteiger partial charge on any atom is 0.213 e. The molecule has 3 aromatic rings. The maximum absolute atomic E-state index is 9.35. The van der Waals surface area contributed by atoms with E-state index in [0.29, 0.717) is 5.69 Å². The summed E-state index contributed by atoms with van der Waals surface area (Å²) >= 11 is 1.53. The zero-order chi connectivity index (χ0) is 15.7. The van der Waals surface area contributed by atoms with Crippen molar-refractivity contribution in [3.63, 3.8) is 0 Å². The fourth-order valence-corrected chi connectivity index (χ4v) is 3.23. The molecule has 0 aliphatic carbocycles. The number of benzene rings is 1. The molecule has 5 nitrogen and oxygen atoms in total. The summed E-state index contributed by atoms with van der Waals surface area (Å²) in [6.45, 7) is 4.07. The van der Waals surface area contributed by atoms with E-state index >= 15 is 0 Å². The molecule has 0 spiro atoms. The highest BCUT2D eigenvalue weighted by Gasteiger charge is 2.18. The number of fused-ring (bicyclic) bond motifs is 1. The molecule has 0 bridgehead atoms. The number of nitrogens with zero attached hydrogens (tertiary/aromatic N) is 4. The average molecular weight is 312 g/mol. The number of hydrogen-bond donors (Lipinski definition) is 0. The molecule has 112 valence electrons. The average Bonchev–Trinajstić information content (AvgIpc) is 3.04. The minimum atomic E-state index is 0.216. The largest absolute Gasteiger partial charge is 0.497 e. The van der Waals surface area contributed by atoms with E-state index in [1.54, 1.807) is 11.6 Å². The number of nitriles is 1. The van der Waals surface area contributed by atoms with Crippen LogP contribution in [0.5, 0.6) is 5.75 Å². The SMILES string of the molecule is COc1ccc(Cc2nn3c(C#N)c(C(C)C)nc3s2)cc1. The van der Waals surface area contributed by atoms with Crippen LogP contribution in [0.1, 0.15) is 41.7 Å². The molecule has 0 unspecified atom stereocenters. The van der Waals surface area contributed by atoms with Gasteiger partial charge < -0.3 is 4.74 Å². The van der Waals surface area contributed by atoms with Crippen molar-refractivity contribution in [1.82, 2.24) is 14.6 Å². The third-order valence-corrected chi connectivity index (χ3v) is 4.35. The first-order chi connectivity index (χ1) is 10.6. The summed E-state index contributed by atoms with van der Waals surface area (Å²) in [4.78, 5) is 5.33. The summed E-state index contributed by atoms with van der Waals surface area (Å²) < 4.78 is 6.82. The Morgan fingerprint density at radius 2 is 2.05 bits per heavy atom. The van der Waals surface area contributed by atoms with Gasteiger partial charge in [0.1, 0.15) is 16.8 Å². The van der Waals surface area contributed by atoms with Crippen molar-refractivity contribution in [2.24, 2.45) is 0 Å². The van der Waals surface area contributed by atoms with Crippen LogP contribution >= 0.6 is 11.3 Å². The Morgan fingerprint density at radius 3 is 2.64 bits per heavy atom. The number of methoxy groups -OCH3 is 1. The second-order valence-electron chi connectivity index (χ2n) is 5.33. The molecule has 1 aromatic carbocycles. The molecule has 3 rings (SSSR count). The first kappa shape index (κ1) is 14.5. The van der Waals surface area contributed by atoms with Gasteiger partial charge in [-0.05, 0) is 23.6 Å². The van der Waals surface area contributed by atoms with Gasteiger partial charge in [-0.2, -0.15) is 14.9 Å². The summed E-state index contributed by atoms with van der Waals surface area (Å²) in [5.74, 6) is 1.06. The first-order valence-electron chi connectivity index (χ1n) is 7.03. The molecule has 0 aliphatic rings. The number of rotatable bonds is 4. The first-order valence-corrected chi connectivity index (χ1v) is 7.85. The minimum Gasteiger partial charge on any atom is -0.497 e. The highest BCUT2D eigenvalue weighted by atomic mass is 32.1. The molecular formula is C16H16N4OS. The van der Waals surface area contributed by atoms with Crippen LogP contribution in [-0.4, -0.2) is 21.7 Å². The van der Waals surface area contributed by atoms with Gasteiger partial charge in [-0.15, -0.1) is 0 Å². The van der Waals surface area contributed by atoms with Crippen LogP contribution in [0.4, 0.5) is 0 Å². The van der Waals surface area contributed by atoms with E-state index in [2.05, 4.69) is 16.2 Å². The van der Waals surface area contributed by atoms with Gasteiger partial charge in [-0.25, -0.2) is 4.98 Å². The van der Waals surface area contributed by atoms with Crippen LogP contribution in [0.2, 0.25) is 0 Å². The Hall–Kier alpha value is -2.39. The standard InChI is InChI=1S/C16H16N4OS/c1-10(2)15-13(9-17)20-16(18-15)22-14(19-20)8-11-4-6-12(21-3)7-5-11/h4-7,10H,8H2,1-3H3. The van der Waals surface area contributed by atoms with Crippen molar-refractivity contribution in [2.75, 3.05) is 7.11 Å². The molecule has 0 saturated carbocycles. The Bertz CT molecular complexity index is 840. The van der Waals surface area contributed by atoms with Crippen molar-refractivity contribution in [1.29, 1.82) is 5.26 Å². The molecule has 0 aliphatic heterocycles. The summed E-state index contributed by atoms with van der Waals surface area (Å²) in [7, 11) is 1.65. The van der Waals surface area contributed by atoms with E-state index in [9.17, 15) is 5.26 Å².